The average Bonchev–Trinajstić information content (AvgIpc) is 3.00. The Morgan fingerprint density at radius 2 is 1.65 bits per heavy atom. The maximum atomic E-state index is 17.0. The van der Waals surface area contributed by atoms with Crippen LogP contribution in [0.1, 0.15) is 53.5 Å². The molecule has 0 bridgehead atoms. The molecule has 1 fully saturated rings. The summed E-state index contributed by atoms with van der Waals surface area (Å²) in [6, 6.07) is 3.72. The molecule has 1 aliphatic heterocycles. The van der Waals surface area contributed by atoms with Crippen LogP contribution in [0.25, 0.3) is 11.0 Å². The summed E-state index contributed by atoms with van der Waals surface area (Å²) in [5.74, 6) is -8.44. The van der Waals surface area contributed by atoms with Crippen molar-refractivity contribution in [2.75, 3.05) is 13.7 Å². The summed E-state index contributed by atoms with van der Waals surface area (Å²) >= 11 is 0. The smallest absolute Gasteiger partial charge is 0.382 e. The van der Waals surface area contributed by atoms with E-state index in [0.29, 0.717) is 23.1 Å². The molecule has 1 aromatic heterocycles. The normalized spacial score (nSPS) is 23.7. The number of esters is 5. The second-order valence-corrected chi connectivity index (χ2v) is 11.0. The highest BCUT2D eigenvalue weighted by atomic mass is 19.1. The number of carbonyl (C=O) groups is 5. The third kappa shape index (κ3) is 8.73. The van der Waals surface area contributed by atoms with Crippen molar-refractivity contribution >= 4 is 46.5 Å². The Labute approximate surface area is 274 Å². The van der Waals surface area contributed by atoms with Gasteiger partial charge in [0.1, 0.15) is 30.1 Å². The van der Waals surface area contributed by atoms with Gasteiger partial charge in [-0.05, 0) is 38.0 Å². The lowest BCUT2D eigenvalue weighted by atomic mass is 9.86. The zero-order valence-electron chi connectivity index (χ0n) is 27.7. The fraction of sp³-hybridized carbons (Fsp3) is 0.531. The first-order valence-electron chi connectivity index (χ1n) is 14.8. The molecule has 16 heteroatoms. The Bertz CT molecular complexity index is 1640. The van der Waals surface area contributed by atoms with Gasteiger partial charge in [-0.3, -0.25) is 24.2 Å². The number of fused-ring (bicyclic) bond motifs is 1. The molecule has 0 saturated carbocycles. The number of aryl methyl sites for hydroxylation is 1. The zero-order valence-corrected chi connectivity index (χ0v) is 27.7. The lowest BCUT2D eigenvalue weighted by Gasteiger charge is -2.48. The van der Waals surface area contributed by atoms with Crippen LogP contribution in [0.4, 0.5) is 4.39 Å². The van der Waals surface area contributed by atoms with E-state index in [1.165, 1.54) is 24.3 Å². The van der Waals surface area contributed by atoms with Crippen LogP contribution >= 0.6 is 0 Å². The van der Waals surface area contributed by atoms with Gasteiger partial charge in [0.15, 0.2) is 18.3 Å². The monoisotopic (exact) mass is 679 g/mol. The number of methoxy groups -OCH3 is 1. The van der Waals surface area contributed by atoms with E-state index in [1.54, 1.807) is 20.8 Å². The second-order valence-electron chi connectivity index (χ2n) is 11.0. The van der Waals surface area contributed by atoms with Crippen molar-refractivity contribution in [3.63, 3.8) is 0 Å². The largest absolute Gasteiger partial charge is 0.464 e. The average molecular weight is 680 g/mol. The summed E-state index contributed by atoms with van der Waals surface area (Å²) < 4.78 is 60.7. The number of halogens is 1. The van der Waals surface area contributed by atoms with Crippen LogP contribution in [-0.2, 0) is 52.4 Å². The van der Waals surface area contributed by atoms with Crippen LogP contribution in [0.5, 0.6) is 5.75 Å². The topological polar surface area (TPSA) is 193 Å². The quantitative estimate of drug-likeness (QED) is 0.138. The molecule has 0 N–H and O–H groups in total. The molecule has 7 unspecified atom stereocenters. The molecule has 2 aromatic rings. The van der Waals surface area contributed by atoms with E-state index in [1.807, 2.05) is 0 Å². The Hall–Kier alpha value is -4.86. The Kier molecular flexibility index (Phi) is 12.4. The molecular formula is C32H38FNO14. The minimum Gasteiger partial charge on any atom is -0.464 e. The first kappa shape index (κ1) is 37.6. The van der Waals surface area contributed by atoms with Crippen molar-refractivity contribution in [3.8, 4) is 5.75 Å². The first-order chi connectivity index (χ1) is 22.5. The molecule has 1 aliphatic rings. The highest BCUT2D eigenvalue weighted by Crippen LogP contribution is 2.41. The van der Waals surface area contributed by atoms with Gasteiger partial charge in [-0.15, -0.1) is 0 Å². The minimum absolute atomic E-state index is 0.0203. The van der Waals surface area contributed by atoms with Crippen LogP contribution in [0.2, 0.25) is 0 Å². The van der Waals surface area contributed by atoms with E-state index in [0.717, 1.165) is 34.8 Å². The van der Waals surface area contributed by atoms with E-state index in [2.05, 4.69) is 4.99 Å². The first-order valence-corrected chi connectivity index (χ1v) is 14.8. The fourth-order valence-corrected chi connectivity index (χ4v) is 5.11. The number of alkyl halides is 1. The standard InChI is InChI=1S/C32H38FNO14/c1-9-16(3)34-26-28(27(44-19(6)37)24(43-18(5)36)14-42-17(4)35)48-32(31(40)41-8,30(33)29(26)45-20(7)38)47-21-10-11-22-15(2)12-25(39)46-23(22)13-21/h10-13,24,26-30H,9,14H2,1-8H3. The summed E-state index contributed by atoms with van der Waals surface area (Å²) in [5, 5.41) is 0.500. The highest BCUT2D eigenvalue weighted by molar-refractivity contribution is 5.83. The van der Waals surface area contributed by atoms with Crippen LogP contribution in [0, 0.1) is 6.92 Å². The number of ether oxygens (including phenoxy) is 7. The predicted octanol–water partition coefficient (Wildman–Crippen LogP) is 2.68. The Balaban J connectivity index is 2.34. The summed E-state index contributed by atoms with van der Waals surface area (Å²) in [7, 11) is 0.916. The number of hydrogen-bond acceptors (Lipinski definition) is 15. The number of aliphatic imine (C=N–C) groups is 1. The number of benzene rings is 1. The lowest BCUT2D eigenvalue weighted by Crippen LogP contribution is -2.72. The SMILES string of the molecule is CCC(C)=NC1C(C(OC(C)=O)C(COC(C)=O)OC(C)=O)OC(Oc2ccc3c(C)cc(=O)oc3c2)(C(=O)OC)C(F)C1OC(C)=O. The number of rotatable bonds is 12. The molecule has 1 saturated heterocycles. The number of carbonyl (C=O) groups excluding carboxylic acids is 5. The molecular weight excluding hydrogens is 641 g/mol. The summed E-state index contributed by atoms with van der Waals surface area (Å²) in [6.07, 6.45) is -9.49. The number of hydrogen-bond donors (Lipinski definition) is 0. The number of nitrogens with zero attached hydrogens (tertiary/aromatic N) is 1. The molecule has 262 valence electrons. The van der Waals surface area contributed by atoms with E-state index >= 15 is 4.39 Å². The fourth-order valence-electron chi connectivity index (χ4n) is 5.11. The van der Waals surface area contributed by atoms with Crippen molar-refractivity contribution in [3.05, 3.63) is 40.2 Å². The zero-order chi connectivity index (χ0) is 35.9. The van der Waals surface area contributed by atoms with Crippen molar-refractivity contribution < 1.29 is 65.9 Å². The molecule has 0 aliphatic carbocycles. The summed E-state index contributed by atoms with van der Waals surface area (Å²) in [5.41, 5.74) is 0.290. The minimum atomic E-state index is -3.11. The van der Waals surface area contributed by atoms with Crippen LogP contribution in [-0.4, -0.2) is 91.7 Å². The van der Waals surface area contributed by atoms with E-state index < -0.39 is 84.5 Å². The molecule has 15 nitrogen and oxygen atoms in total. The third-order valence-electron chi connectivity index (χ3n) is 7.24. The molecule has 3 rings (SSSR count). The van der Waals surface area contributed by atoms with Crippen molar-refractivity contribution in [1.29, 1.82) is 0 Å². The van der Waals surface area contributed by atoms with Crippen molar-refractivity contribution in [1.82, 2.24) is 0 Å². The van der Waals surface area contributed by atoms with Gasteiger partial charge in [0.2, 0.25) is 6.17 Å². The van der Waals surface area contributed by atoms with Crippen molar-refractivity contribution in [2.24, 2.45) is 4.99 Å². The molecule has 7 atom stereocenters. The van der Waals surface area contributed by atoms with Gasteiger partial charge in [-0.25, -0.2) is 14.0 Å². The van der Waals surface area contributed by atoms with Gasteiger partial charge in [-0.2, -0.15) is 0 Å². The summed E-state index contributed by atoms with van der Waals surface area (Å²) in [4.78, 5) is 79.0. The van der Waals surface area contributed by atoms with Gasteiger partial charge in [0, 0.05) is 50.9 Å². The van der Waals surface area contributed by atoms with E-state index in [9.17, 15) is 28.8 Å². The van der Waals surface area contributed by atoms with Gasteiger partial charge in [0.05, 0.1) is 7.11 Å². The maximum Gasteiger partial charge on any atom is 0.382 e. The van der Waals surface area contributed by atoms with Gasteiger partial charge >= 0.3 is 41.3 Å². The van der Waals surface area contributed by atoms with Crippen LogP contribution in [0.3, 0.4) is 0 Å². The summed E-state index contributed by atoms with van der Waals surface area (Å²) in [6.45, 7) is 8.42. The third-order valence-corrected chi connectivity index (χ3v) is 7.24. The predicted molar refractivity (Wildman–Crippen MR) is 163 cm³/mol. The van der Waals surface area contributed by atoms with Gasteiger partial charge in [-0.1, -0.05) is 6.92 Å². The Morgan fingerprint density at radius 3 is 2.21 bits per heavy atom. The molecule has 0 radical (unpaired) electrons. The molecule has 48 heavy (non-hydrogen) atoms. The highest BCUT2D eigenvalue weighted by Gasteiger charge is 2.67. The van der Waals surface area contributed by atoms with Gasteiger partial charge in [0.25, 0.3) is 0 Å². The molecule has 0 spiro atoms. The lowest BCUT2D eigenvalue weighted by molar-refractivity contribution is -0.310. The van der Waals surface area contributed by atoms with Gasteiger partial charge < -0.3 is 37.6 Å². The molecule has 1 aromatic carbocycles. The van der Waals surface area contributed by atoms with Crippen LogP contribution < -0.4 is 10.4 Å². The van der Waals surface area contributed by atoms with Crippen molar-refractivity contribution in [2.45, 2.75) is 97.3 Å². The van der Waals surface area contributed by atoms with E-state index in [-0.39, 0.29) is 11.3 Å². The maximum absolute atomic E-state index is 17.0. The van der Waals surface area contributed by atoms with E-state index in [4.69, 9.17) is 37.6 Å². The molecule has 0 amide bonds. The van der Waals surface area contributed by atoms with Crippen LogP contribution in [0.15, 0.2) is 38.5 Å². The Morgan fingerprint density at radius 1 is 0.979 bits per heavy atom. The molecule has 2 heterocycles. The second kappa shape index (κ2) is 15.8.